The number of nitrogens with one attached hydrogen (secondary N) is 2. The number of anilines is 1. The van der Waals surface area contributed by atoms with Crippen molar-refractivity contribution >= 4 is 34.8 Å². The first kappa shape index (κ1) is 22.7. The summed E-state index contributed by atoms with van der Waals surface area (Å²) in [7, 11) is 0. The average molecular weight is 498 g/mol. The van der Waals surface area contributed by atoms with Gasteiger partial charge >= 0.3 is 0 Å². The van der Waals surface area contributed by atoms with Gasteiger partial charge in [0.05, 0.1) is 5.92 Å². The summed E-state index contributed by atoms with van der Waals surface area (Å²) in [5, 5.41) is 19.6. The zero-order valence-corrected chi connectivity index (χ0v) is 19.6. The highest BCUT2D eigenvalue weighted by Gasteiger charge is 2.67. The van der Waals surface area contributed by atoms with Gasteiger partial charge in [0.1, 0.15) is 12.4 Å². The van der Waals surface area contributed by atoms with Gasteiger partial charge in [-0.05, 0) is 31.2 Å². The molecule has 3 aromatic rings. The van der Waals surface area contributed by atoms with E-state index in [1.165, 1.54) is 0 Å². The van der Waals surface area contributed by atoms with Gasteiger partial charge in [0, 0.05) is 43.4 Å². The maximum Gasteiger partial charge on any atom is 0.256 e. The van der Waals surface area contributed by atoms with Crippen LogP contribution in [0.5, 0.6) is 5.75 Å². The number of nitrogens with zero attached hydrogens (tertiary/aromatic N) is 1. The first-order valence-corrected chi connectivity index (χ1v) is 11.6. The molecule has 0 bridgehead atoms. The van der Waals surface area contributed by atoms with Crippen molar-refractivity contribution in [3.63, 3.8) is 0 Å². The molecule has 34 heavy (non-hydrogen) atoms. The summed E-state index contributed by atoms with van der Waals surface area (Å²) in [6.45, 7) is 2.02. The van der Waals surface area contributed by atoms with Crippen LogP contribution in [0.25, 0.3) is 0 Å². The third kappa shape index (κ3) is 3.52. The highest BCUT2D eigenvalue weighted by atomic mass is 35.5. The fourth-order valence-electron chi connectivity index (χ4n) is 5.20. The summed E-state index contributed by atoms with van der Waals surface area (Å²) in [4.78, 5) is 25.4. The van der Waals surface area contributed by atoms with Gasteiger partial charge in [-0.15, -0.1) is 0 Å². The number of benzene rings is 3. The van der Waals surface area contributed by atoms with Crippen molar-refractivity contribution in [1.29, 1.82) is 0 Å². The Kier molecular flexibility index (Phi) is 5.72. The molecule has 0 aliphatic carbocycles. The molecule has 174 valence electrons. The van der Waals surface area contributed by atoms with Gasteiger partial charge in [-0.1, -0.05) is 65.7 Å². The number of rotatable bonds is 5. The number of fused-ring (bicyclic) bond motifs is 2. The van der Waals surface area contributed by atoms with Crippen molar-refractivity contribution in [1.82, 2.24) is 5.32 Å². The molecule has 0 saturated carbocycles. The van der Waals surface area contributed by atoms with Crippen LogP contribution in [0.1, 0.15) is 29.5 Å². The molecule has 7 nitrogen and oxygen atoms in total. The molecular formula is C25H21Cl2N3O4. The lowest BCUT2D eigenvalue weighted by Gasteiger charge is -2.26. The van der Waals surface area contributed by atoms with E-state index in [-0.39, 0.29) is 17.6 Å². The molecule has 0 radical (unpaired) electrons. The maximum atomic E-state index is 13.2. The van der Waals surface area contributed by atoms with Crippen molar-refractivity contribution in [2.45, 2.75) is 37.1 Å². The number of amides is 1. The van der Waals surface area contributed by atoms with E-state index in [2.05, 4.69) is 10.6 Å². The molecule has 2 heterocycles. The highest BCUT2D eigenvalue weighted by Crippen LogP contribution is 2.51. The van der Waals surface area contributed by atoms with Crippen molar-refractivity contribution in [2.75, 3.05) is 5.32 Å². The lowest BCUT2D eigenvalue weighted by Crippen LogP contribution is -2.54. The van der Waals surface area contributed by atoms with E-state index >= 15 is 0 Å². The van der Waals surface area contributed by atoms with Crippen molar-refractivity contribution in [3.8, 4) is 5.75 Å². The summed E-state index contributed by atoms with van der Waals surface area (Å²) >= 11 is 12.3. The van der Waals surface area contributed by atoms with E-state index in [1.807, 2.05) is 25.1 Å². The molecule has 0 unspecified atom stereocenters. The number of carbonyl (C=O) groups excluding carboxylic acids is 1. The normalized spacial score (nSPS) is 25.3. The minimum Gasteiger partial charge on any atom is -0.489 e. The van der Waals surface area contributed by atoms with Crippen molar-refractivity contribution < 1.29 is 14.5 Å². The van der Waals surface area contributed by atoms with Gasteiger partial charge in [-0.3, -0.25) is 20.2 Å². The van der Waals surface area contributed by atoms with Gasteiger partial charge in [0.15, 0.2) is 5.54 Å². The molecule has 1 spiro atoms. The Morgan fingerprint density at radius 2 is 1.82 bits per heavy atom. The van der Waals surface area contributed by atoms with Crippen LogP contribution < -0.4 is 15.4 Å². The number of nitro groups is 1. The molecule has 1 fully saturated rings. The van der Waals surface area contributed by atoms with Crippen LogP contribution in [0.15, 0.2) is 66.7 Å². The first-order chi connectivity index (χ1) is 16.3. The number of halogens is 2. The Balaban J connectivity index is 1.54. The Morgan fingerprint density at radius 1 is 1.09 bits per heavy atom. The van der Waals surface area contributed by atoms with E-state index in [1.54, 1.807) is 48.5 Å². The number of carbonyl (C=O) groups is 1. The SMILES string of the molecule is C[C@@H]1N[C@]2(C(=O)Nc3ccccc32)[C@@H]([N+](=O)[O-])[C@@H]1c1ccccc1OCc1ccc(Cl)cc1Cl. The van der Waals surface area contributed by atoms with E-state index in [0.717, 1.165) is 5.56 Å². The van der Waals surface area contributed by atoms with Crippen LogP contribution in [-0.4, -0.2) is 22.9 Å². The van der Waals surface area contributed by atoms with Crippen LogP contribution in [0.4, 0.5) is 5.69 Å². The third-order valence-corrected chi connectivity index (χ3v) is 7.23. The van der Waals surface area contributed by atoms with Crippen molar-refractivity contribution in [3.05, 3.63) is 104 Å². The van der Waals surface area contributed by atoms with Crippen LogP contribution in [0, 0.1) is 10.1 Å². The molecule has 0 aromatic heterocycles. The second-order valence-electron chi connectivity index (χ2n) is 8.56. The highest BCUT2D eigenvalue weighted by molar-refractivity contribution is 6.35. The van der Waals surface area contributed by atoms with Gasteiger partial charge in [0.2, 0.25) is 0 Å². The van der Waals surface area contributed by atoms with Crippen LogP contribution >= 0.6 is 23.2 Å². The Hall–Kier alpha value is -3.13. The third-order valence-electron chi connectivity index (χ3n) is 6.64. The van der Waals surface area contributed by atoms with E-state index < -0.39 is 23.4 Å². The zero-order valence-electron chi connectivity index (χ0n) is 18.1. The second-order valence-corrected chi connectivity index (χ2v) is 9.40. The van der Waals surface area contributed by atoms with Crippen molar-refractivity contribution in [2.24, 2.45) is 0 Å². The molecule has 2 N–H and O–H groups in total. The van der Waals surface area contributed by atoms with Crippen LogP contribution in [-0.2, 0) is 16.9 Å². The molecule has 2 aliphatic heterocycles. The van der Waals surface area contributed by atoms with E-state index in [9.17, 15) is 14.9 Å². The van der Waals surface area contributed by atoms with Crippen LogP contribution in [0.2, 0.25) is 10.0 Å². The summed E-state index contributed by atoms with van der Waals surface area (Å²) in [6, 6.07) is 17.8. The Labute approximate surface area is 206 Å². The minimum absolute atomic E-state index is 0.166. The molecule has 9 heteroatoms. The molecule has 2 aliphatic rings. The number of para-hydroxylation sites is 2. The smallest absolute Gasteiger partial charge is 0.256 e. The summed E-state index contributed by atoms with van der Waals surface area (Å²) in [5.41, 5.74) is 1.09. The minimum atomic E-state index is -1.48. The number of ether oxygens (including phenoxy) is 1. The van der Waals surface area contributed by atoms with Gasteiger partial charge in [-0.2, -0.15) is 0 Å². The quantitative estimate of drug-likeness (QED) is 0.375. The summed E-state index contributed by atoms with van der Waals surface area (Å²) in [6.07, 6.45) is 0. The molecule has 1 amide bonds. The standard InChI is InChI=1S/C25H21Cl2N3O4/c1-14-22(17-6-2-5-9-21(17)34-13-15-10-11-16(26)12-19(15)27)23(30(32)33)25(29-14)18-7-3-4-8-20(18)28-24(25)31/h2-12,14,22-23,29H,13H2,1H3,(H,28,31)/t14-,22-,23-,25-/m0/s1. The Bertz CT molecular complexity index is 1300. The van der Waals surface area contributed by atoms with E-state index in [4.69, 9.17) is 27.9 Å². The predicted octanol–water partition coefficient (Wildman–Crippen LogP) is 5.14. The van der Waals surface area contributed by atoms with Crippen LogP contribution in [0.3, 0.4) is 0 Å². The summed E-state index contributed by atoms with van der Waals surface area (Å²) < 4.78 is 6.10. The monoisotopic (exact) mass is 497 g/mol. The number of hydrogen-bond acceptors (Lipinski definition) is 5. The lowest BCUT2D eigenvalue weighted by molar-refractivity contribution is -0.532. The fourth-order valence-corrected chi connectivity index (χ4v) is 5.67. The van der Waals surface area contributed by atoms with Gasteiger partial charge < -0.3 is 10.1 Å². The Morgan fingerprint density at radius 3 is 2.59 bits per heavy atom. The van der Waals surface area contributed by atoms with Gasteiger partial charge in [0.25, 0.3) is 11.9 Å². The molecule has 3 aromatic carbocycles. The summed E-state index contributed by atoms with van der Waals surface area (Å²) in [5.74, 6) is -0.539. The number of hydrogen-bond donors (Lipinski definition) is 2. The predicted molar refractivity (Wildman–Crippen MR) is 130 cm³/mol. The van der Waals surface area contributed by atoms with Gasteiger partial charge in [-0.25, -0.2) is 0 Å². The largest absolute Gasteiger partial charge is 0.489 e. The molecule has 1 saturated heterocycles. The van der Waals surface area contributed by atoms with E-state index in [0.29, 0.717) is 32.6 Å². The fraction of sp³-hybridized carbons (Fsp3) is 0.240. The topological polar surface area (TPSA) is 93.5 Å². The first-order valence-electron chi connectivity index (χ1n) is 10.8. The lowest BCUT2D eigenvalue weighted by atomic mass is 9.78. The second kappa shape index (κ2) is 8.58. The average Bonchev–Trinajstić information content (AvgIpc) is 3.27. The maximum absolute atomic E-state index is 13.2. The zero-order chi connectivity index (χ0) is 24.0. The molecule has 4 atom stereocenters. The molecular weight excluding hydrogens is 477 g/mol. The molecule has 5 rings (SSSR count).